The van der Waals surface area contributed by atoms with Gasteiger partial charge in [-0.15, -0.1) is 0 Å². The summed E-state index contributed by atoms with van der Waals surface area (Å²) in [5.41, 5.74) is 0.538. The molecule has 0 atom stereocenters. The molecule has 3 rings (SSSR count). The Morgan fingerprint density at radius 2 is 1.56 bits per heavy atom. The van der Waals surface area contributed by atoms with Crippen LogP contribution in [0.25, 0.3) is 0 Å². The summed E-state index contributed by atoms with van der Waals surface area (Å²) in [5, 5.41) is 0. The van der Waals surface area contributed by atoms with Crippen LogP contribution < -0.4 is 4.74 Å². The molecule has 0 N–H and O–H groups in total. The number of benzene rings is 1. The second-order valence-electron chi connectivity index (χ2n) is 8.49. The quantitative estimate of drug-likeness (QED) is 0.470. The number of methoxy groups -OCH3 is 1. The van der Waals surface area contributed by atoms with E-state index in [0.717, 1.165) is 43.4 Å². The van der Waals surface area contributed by atoms with E-state index in [-0.39, 0.29) is 11.7 Å². The largest absolute Gasteiger partial charge is 0.494 e. The summed E-state index contributed by atoms with van der Waals surface area (Å²) in [6, 6.07) is 3.28. The predicted octanol–water partition coefficient (Wildman–Crippen LogP) is 7.41. The molecule has 0 saturated heterocycles. The Hall–Kier alpha value is -1.38. The van der Waals surface area contributed by atoms with Gasteiger partial charge < -0.3 is 4.74 Å². The minimum absolute atomic E-state index is 0.00492. The Kier molecular flexibility index (Phi) is 7.32. The molecule has 0 amide bonds. The second-order valence-corrected chi connectivity index (χ2v) is 8.49. The predicted molar refractivity (Wildman–Crippen MR) is 107 cm³/mol. The van der Waals surface area contributed by atoms with Crippen LogP contribution in [0, 0.1) is 29.4 Å². The SMILES string of the molecule is CCCC=CC1CCC(C2CCC(c3ccc(OC)c(F)c3F)CC2)CC1. The van der Waals surface area contributed by atoms with Crippen molar-refractivity contribution in [2.24, 2.45) is 17.8 Å². The van der Waals surface area contributed by atoms with Crippen molar-refractivity contribution in [1.29, 1.82) is 0 Å². The van der Waals surface area contributed by atoms with Crippen LogP contribution in [-0.2, 0) is 0 Å². The molecule has 0 aromatic heterocycles. The summed E-state index contributed by atoms with van der Waals surface area (Å²) >= 11 is 0. The Balaban J connectivity index is 1.51. The lowest BCUT2D eigenvalue weighted by Gasteiger charge is -2.37. The fraction of sp³-hybridized carbons (Fsp3) is 0.667. The van der Waals surface area contributed by atoms with E-state index in [1.165, 1.54) is 45.6 Å². The minimum atomic E-state index is -0.841. The lowest BCUT2D eigenvalue weighted by atomic mass is 9.68. The summed E-state index contributed by atoms with van der Waals surface area (Å²) in [4.78, 5) is 0. The maximum absolute atomic E-state index is 14.4. The smallest absolute Gasteiger partial charge is 0.200 e. The van der Waals surface area contributed by atoms with Crippen LogP contribution in [0.1, 0.15) is 82.6 Å². The van der Waals surface area contributed by atoms with Gasteiger partial charge >= 0.3 is 0 Å². The van der Waals surface area contributed by atoms with Gasteiger partial charge in [-0.25, -0.2) is 4.39 Å². The Bertz CT molecular complexity index is 624. The molecular weight excluding hydrogens is 342 g/mol. The van der Waals surface area contributed by atoms with E-state index >= 15 is 0 Å². The third-order valence-corrected chi connectivity index (χ3v) is 6.86. The summed E-state index contributed by atoms with van der Waals surface area (Å²) < 4.78 is 33.3. The van der Waals surface area contributed by atoms with Gasteiger partial charge in [-0.05, 0) is 93.1 Å². The first-order valence-electron chi connectivity index (χ1n) is 10.8. The van der Waals surface area contributed by atoms with E-state index in [2.05, 4.69) is 19.1 Å². The van der Waals surface area contributed by atoms with Gasteiger partial charge in [0, 0.05) is 0 Å². The fourth-order valence-electron chi connectivity index (χ4n) is 5.19. The molecule has 0 spiro atoms. The molecule has 0 heterocycles. The van der Waals surface area contributed by atoms with E-state index in [1.807, 2.05) is 0 Å². The molecule has 0 bridgehead atoms. The molecule has 0 radical (unpaired) electrons. The zero-order chi connectivity index (χ0) is 19.2. The molecule has 1 nitrogen and oxygen atoms in total. The molecule has 150 valence electrons. The zero-order valence-corrected chi connectivity index (χ0v) is 16.9. The van der Waals surface area contributed by atoms with Crippen molar-refractivity contribution in [2.45, 2.75) is 77.0 Å². The molecule has 2 aliphatic rings. The van der Waals surface area contributed by atoms with Crippen LogP contribution in [0.2, 0.25) is 0 Å². The van der Waals surface area contributed by atoms with Gasteiger partial charge in [0.15, 0.2) is 11.6 Å². The highest BCUT2D eigenvalue weighted by molar-refractivity contribution is 5.33. The van der Waals surface area contributed by atoms with E-state index in [0.29, 0.717) is 5.56 Å². The number of allylic oxidation sites excluding steroid dienone is 2. The van der Waals surface area contributed by atoms with E-state index in [4.69, 9.17) is 4.74 Å². The van der Waals surface area contributed by atoms with Crippen molar-refractivity contribution in [2.75, 3.05) is 7.11 Å². The van der Waals surface area contributed by atoms with Crippen LogP contribution in [0.15, 0.2) is 24.3 Å². The van der Waals surface area contributed by atoms with Gasteiger partial charge in [0.1, 0.15) is 0 Å². The zero-order valence-electron chi connectivity index (χ0n) is 16.9. The first-order chi connectivity index (χ1) is 13.1. The normalized spacial score (nSPS) is 29.2. The van der Waals surface area contributed by atoms with Gasteiger partial charge in [0.2, 0.25) is 5.82 Å². The number of ether oxygens (including phenoxy) is 1. The molecule has 0 aliphatic heterocycles. The number of rotatable bonds is 6. The van der Waals surface area contributed by atoms with Crippen LogP contribution in [-0.4, -0.2) is 7.11 Å². The highest BCUT2D eigenvalue weighted by Gasteiger charge is 2.32. The van der Waals surface area contributed by atoms with E-state index in [9.17, 15) is 8.78 Å². The average molecular weight is 377 g/mol. The van der Waals surface area contributed by atoms with Gasteiger partial charge in [-0.1, -0.05) is 31.6 Å². The highest BCUT2D eigenvalue weighted by Crippen LogP contribution is 2.45. The third-order valence-electron chi connectivity index (χ3n) is 6.86. The van der Waals surface area contributed by atoms with Crippen LogP contribution in [0.5, 0.6) is 5.75 Å². The molecule has 2 fully saturated rings. The molecule has 27 heavy (non-hydrogen) atoms. The van der Waals surface area contributed by atoms with Gasteiger partial charge in [0.05, 0.1) is 7.11 Å². The number of hydrogen-bond acceptors (Lipinski definition) is 1. The first kappa shape index (κ1) is 20.4. The van der Waals surface area contributed by atoms with Crippen LogP contribution in [0.3, 0.4) is 0 Å². The first-order valence-corrected chi connectivity index (χ1v) is 10.8. The highest BCUT2D eigenvalue weighted by atomic mass is 19.2. The van der Waals surface area contributed by atoms with Crippen LogP contribution in [0.4, 0.5) is 8.78 Å². The van der Waals surface area contributed by atoms with Crippen molar-refractivity contribution in [3.63, 3.8) is 0 Å². The third kappa shape index (κ3) is 4.92. The molecular formula is C24H34F2O. The Labute approximate surface area is 163 Å². The summed E-state index contributed by atoms with van der Waals surface area (Å²) in [6.07, 6.45) is 16.8. The average Bonchev–Trinajstić information content (AvgIpc) is 2.71. The van der Waals surface area contributed by atoms with Crippen molar-refractivity contribution >= 4 is 0 Å². The maximum Gasteiger partial charge on any atom is 0.200 e. The molecule has 2 saturated carbocycles. The van der Waals surface area contributed by atoms with E-state index < -0.39 is 11.6 Å². The lowest BCUT2D eigenvalue weighted by Crippen LogP contribution is -2.25. The van der Waals surface area contributed by atoms with Crippen molar-refractivity contribution in [1.82, 2.24) is 0 Å². The maximum atomic E-state index is 14.4. The number of halogens is 2. The van der Waals surface area contributed by atoms with Gasteiger partial charge in [-0.2, -0.15) is 4.39 Å². The molecule has 3 heteroatoms. The summed E-state index contributed by atoms with van der Waals surface area (Å²) in [7, 11) is 1.37. The topological polar surface area (TPSA) is 9.23 Å². The van der Waals surface area contributed by atoms with Crippen molar-refractivity contribution in [3.05, 3.63) is 41.5 Å². The van der Waals surface area contributed by atoms with Crippen molar-refractivity contribution in [3.8, 4) is 5.75 Å². The molecule has 2 aliphatic carbocycles. The van der Waals surface area contributed by atoms with Gasteiger partial charge in [-0.3, -0.25) is 0 Å². The summed E-state index contributed by atoms with van der Waals surface area (Å²) in [6.45, 7) is 2.23. The van der Waals surface area contributed by atoms with Crippen LogP contribution >= 0.6 is 0 Å². The molecule has 1 aromatic rings. The molecule has 0 unspecified atom stereocenters. The number of hydrogen-bond donors (Lipinski definition) is 0. The van der Waals surface area contributed by atoms with E-state index in [1.54, 1.807) is 12.1 Å². The Morgan fingerprint density at radius 3 is 2.15 bits per heavy atom. The lowest BCUT2D eigenvalue weighted by molar-refractivity contribution is 0.170. The Morgan fingerprint density at radius 1 is 0.926 bits per heavy atom. The molecule has 1 aromatic carbocycles. The number of unbranched alkanes of at least 4 members (excludes halogenated alkanes) is 1. The monoisotopic (exact) mass is 376 g/mol. The van der Waals surface area contributed by atoms with Crippen molar-refractivity contribution < 1.29 is 13.5 Å². The second kappa shape index (κ2) is 9.71. The summed E-state index contributed by atoms with van der Waals surface area (Å²) in [5.74, 6) is 0.973. The fourth-order valence-corrected chi connectivity index (χ4v) is 5.19. The minimum Gasteiger partial charge on any atom is -0.494 e. The standard InChI is InChI=1S/C24H34F2O/c1-3-4-5-6-17-7-9-18(10-8-17)19-11-13-20(14-12-19)21-15-16-22(27-2)24(26)23(21)25/h5-6,15-20H,3-4,7-14H2,1-2H3. The van der Waals surface area contributed by atoms with Gasteiger partial charge in [0.25, 0.3) is 0 Å².